The van der Waals surface area contributed by atoms with E-state index in [1.165, 1.54) is 7.11 Å². The minimum absolute atomic E-state index is 0.319. The molecule has 2 N–H and O–H groups in total. The van der Waals surface area contributed by atoms with Gasteiger partial charge in [0.05, 0.1) is 18.7 Å². The van der Waals surface area contributed by atoms with E-state index in [-0.39, 0.29) is 6.03 Å². The van der Waals surface area contributed by atoms with Crippen molar-refractivity contribution < 1.29 is 14.3 Å². The van der Waals surface area contributed by atoms with Gasteiger partial charge in [-0.1, -0.05) is 17.7 Å². The predicted molar refractivity (Wildman–Crippen MR) is 96.4 cm³/mol. The van der Waals surface area contributed by atoms with Crippen LogP contribution in [-0.2, 0) is 0 Å². The molecule has 6 heteroatoms. The van der Waals surface area contributed by atoms with Gasteiger partial charge in [0.2, 0.25) is 0 Å². The number of rotatable bonds is 6. The van der Waals surface area contributed by atoms with Crippen LogP contribution in [0.5, 0.6) is 11.5 Å². The van der Waals surface area contributed by atoms with Gasteiger partial charge in [-0.15, -0.1) is 0 Å². The lowest BCUT2D eigenvalue weighted by Gasteiger charge is -2.11. The molecule has 128 valence electrons. The smallest absolute Gasteiger partial charge is 0.319 e. The first-order chi connectivity index (χ1) is 11.5. The monoisotopic (exact) mass is 348 g/mol. The molecule has 2 aromatic rings. The van der Waals surface area contributed by atoms with Gasteiger partial charge in [-0.25, -0.2) is 4.79 Å². The Morgan fingerprint density at radius 3 is 2.46 bits per heavy atom. The van der Waals surface area contributed by atoms with Gasteiger partial charge in [-0.3, -0.25) is 0 Å². The Labute approximate surface area is 146 Å². The number of benzene rings is 2. The molecule has 5 nitrogen and oxygen atoms in total. The molecule has 0 unspecified atom stereocenters. The molecule has 2 rings (SSSR count). The summed E-state index contributed by atoms with van der Waals surface area (Å²) in [5.74, 6) is 1.36. The number of methoxy groups -OCH3 is 1. The molecule has 24 heavy (non-hydrogen) atoms. The zero-order chi connectivity index (χ0) is 17.5. The van der Waals surface area contributed by atoms with Crippen LogP contribution in [0, 0.1) is 13.8 Å². The largest absolute Gasteiger partial charge is 0.495 e. The molecule has 2 amide bonds. The maximum Gasteiger partial charge on any atom is 0.319 e. The normalized spacial score (nSPS) is 10.2. The SMILES string of the molecule is COc1ccc(NC(=O)NCCOc2cc(C)cc(C)c2)cc1Cl. The minimum Gasteiger partial charge on any atom is -0.495 e. The van der Waals surface area contributed by atoms with Gasteiger partial charge >= 0.3 is 6.03 Å². The van der Waals surface area contributed by atoms with Crippen LogP contribution in [0.1, 0.15) is 11.1 Å². The number of urea groups is 1. The first-order valence-electron chi connectivity index (χ1n) is 7.57. The van der Waals surface area contributed by atoms with Crippen molar-refractivity contribution in [3.8, 4) is 11.5 Å². The topological polar surface area (TPSA) is 59.6 Å². The first kappa shape index (κ1) is 17.9. The van der Waals surface area contributed by atoms with Crippen molar-refractivity contribution in [2.75, 3.05) is 25.6 Å². The highest BCUT2D eigenvalue weighted by molar-refractivity contribution is 6.32. The van der Waals surface area contributed by atoms with E-state index in [2.05, 4.69) is 16.7 Å². The summed E-state index contributed by atoms with van der Waals surface area (Å²) in [6.07, 6.45) is 0. The predicted octanol–water partition coefficient (Wildman–Crippen LogP) is 4.17. The molecule has 0 fully saturated rings. The summed E-state index contributed by atoms with van der Waals surface area (Å²) in [4.78, 5) is 11.8. The van der Waals surface area contributed by atoms with Crippen molar-refractivity contribution in [2.24, 2.45) is 0 Å². The highest BCUT2D eigenvalue weighted by atomic mass is 35.5. The van der Waals surface area contributed by atoms with Crippen molar-refractivity contribution in [1.29, 1.82) is 0 Å². The molecule has 0 atom stereocenters. The Morgan fingerprint density at radius 2 is 1.83 bits per heavy atom. The maximum absolute atomic E-state index is 11.8. The van der Waals surface area contributed by atoms with Crippen molar-refractivity contribution in [3.63, 3.8) is 0 Å². The van der Waals surface area contributed by atoms with Gasteiger partial charge in [0.1, 0.15) is 18.1 Å². The number of carbonyl (C=O) groups is 1. The van der Waals surface area contributed by atoms with Gasteiger partial charge in [0.15, 0.2) is 0 Å². The molecule has 0 aliphatic heterocycles. The summed E-state index contributed by atoms with van der Waals surface area (Å²) in [5, 5.41) is 5.87. The van der Waals surface area contributed by atoms with Crippen LogP contribution in [-0.4, -0.2) is 26.3 Å². The van der Waals surface area contributed by atoms with Gasteiger partial charge in [0, 0.05) is 5.69 Å². The zero-order valence-electron chi connectivity index (χ0n) is 14.0. The van der Waals surface area contributed by atoms with Crippen LogP contribution in [0.2, 0.25) is 5.02 Å². The number of hydrogen-bond acceptors (Lipinski definition) is 3. The Hall–Kier alpha value is -2.40. The third-order valence-corrected chi connectivity index (χ3v) is 3.56. The van der Waals surface area contributed by atoms with Crippen LogP contribution >= 0.6 is 11.6 Å². The van der Waals surface area contributed by atoms with Crippen LogP contribution in [0.15, 0.2) is 36.4 Å². The number of amides is 2. The lowest BCUT2D eigenvalue weighted by Crippen LogP contribution is -2.32. The van der Waals surface area contributed by atoms with E-state index in [0.29, 0.717) is 29.6 Å². The Kier molecular flexibility index (Phi) is 6.32. The molecule has 0 bridgehead atoms. The summed E-state index contributed by atoms with van der Waals surface area (Å²) in [7, 11) is 1.54. The maximum atomic E-state index is 11.8. The second-order valence-electron chi connectivity index (χ2n) is 5.40. The zero-order valence-corrected chi connectivity index (χ0v) is 14.7. The second kappa shape index (κ2) is 8.45. The highest BCUT2D eigenvalue weighted by Crippen LogP contribution is 2.27. The molecule has 2 aromatic carbocycles. The third kappa shape index (κ3) is 5.35. The summed E-state index contributed by atoms with van der Waals surface area (Å²) in [6.45, 7) is 4.82. The van der Waals surface area contributed by atoms with Crippen LogP contribution in [0.4, 0.5) is 10.5 Å². The summed E-state index contributed by atoms with van der Waals surface area (Å²) < 4.78 is 10.7. The van der Waals surface area contributed by atoms with Crippen LogP contribution < -0.4 is 20.1 Å². The summed E-state index contributed by atoms with van der Waals surface area (Å²) in [6, 6.07) is 10.7. The van der Waals surface area contributed by atoms with Crippen molar-refractivity contribution in [1.82, 2.24) is 5.32 Å². The minimum atomic E-state index is -0.319. The van der Waals surface area contributed by atoms with Crippen LogP contribution in [0.3, 0.4) is 0 Å². The van der Waals surface area contributed by atoms with Crippen molar-refractivity contribution >= 4 is 23.3 Å². The van der Waals surface area contributed by atoms with Gasteiger partial charge in [-0.2, -0.15) is 0 Å². The standard InChI is InChI=1S/C18H21ClN2O3/c1-12-8-13(2)10-15(9-12)24-7-6-20-18(22)21-14-4-5-17(23-3)16(19)11-14/h4-5,8-11H,6-7H2,1-3H3,(H2,20,21,22). The number of ether oxygens (including phenoxy) is 2. The van der Waals surface area contributed by atoms with E-state index in [1.807, 2.05) is 26.0 Å². The van der Waals surface area contributed by atoms with Crippen molar-refractivity contribution in [2.45, 2.75) is 13.8 Å². The van der Waals surface area contributed by atoms with Crippen LogP contribution in [0.25, 0.3) is 0 Å². The third-order valence-electron chi connectivity index (χ3n) is 3.26. The quantitative estimate of drug-likeness (QED) is 0.770. The average Bonchev–Trinajstić information content (AvgIpc) is 2.51. The molecule has 0 aliphatic carbocycles. The average molecular weight is 349 g/mol. The highest BCUT2D eigenvalue weighted by Gasteiger charge is 2.05. The number of anilines is 1. The van der Waals surface area contributed by atoms with E-state index in [4.69, 9.17) is 21.1 Å². The molecule has 0 spiro atoms. The molecule has 0 saturated carbocycles. The number of nitrogens with one attached hydrogen (secondary N) is 2. The number of hydrogen-bond donors (Lipinski definition) is 2. The number of aryl methyl sites for hydroxylation is 2. The lowest BCUT2D eigenvalue weighted by atomic mass is 10.1. The van der Waals surface area contributed by atoms with Crippen molar-refractivity contribution in [3.05, 3.63) is 52.5 Å². The molecule has 0 heterocycles. The number of carbonyl (C=O) groups excluding carboxylic acids is 1. The fourth-order valence-electron chi connectivity index (χ4n) is 2.27. The first-order valence-corrected chi connectivity index (χ1v) is 7.95. The molecule has 0 aliphatic rings. The summed E-state index contributed by atoms with van der Waals surface area (Å²) in [5.41, 5.74) is 2.88. The van der Waals surface area contributed by atoms with Gasteiger partial charge in [0.25, 0.3) is 0 Å². The Balaban J connectivity index is 1.76. The molecular formula is C18H21ClN2O3. The summed E-state index contributed by atoms with van der Waals surface area (Å²) >= 11 is 6.02. The Bertz CT molecular complexity index is 699. The molecule has 0 radical (unpaired) electrons. The van der Waals surface area contributed by atoms with E-state index in [9.17, 15) is 4.79 Å². The van der Waals surface area contributed by atoms with E-state index >= 15 is 0 Å². The van der Waals surface area contributed by atoms with E-state index in [1.54, 1.807) is 18.2 Å². The second-order valence-corrected chi connectivity index (χ2v) is 5.81. The molecular weight excluding hydrogens is 328 g/mol. The Morgan fingerprint density at radius 1 is 1.12 bits per heavy atom. The molecule has 0 saturated heterocycles. The van der Waals surface area contributed by atoms with Gasteiger partial charge in [-0.05, 0) is 55.3 Å². The van der Waals surface area contributed by atoms with E-state index in [0.717, 1.165) is 16.9 Å². The number of halogens is 1. The van der Waals surface area contributed by atoms with E-state index < -0.39 is 0 Å². The fourth-order valence-corrected chi connectivity index (χ4v) is 2.53. The molecule has 0 aromatic heterocycles. The van der Waals surface area contributed by atoms with Gasteiger partial charge < -0.3 is 20.1 Å². The lowest BCUT2D eigenvalue weighted by molar-refractivity contribution is 0.247. The fraction of sp³-hybridized carbons (Fsp3) is 0.278.